The second kappa shape index (κ2) is 4.08. The topological polar surface area (TPSA) is 26.0 Å². The highest BCUT2D eigenvalue weighted by atomic mass is 32.1. The van der Waals surface area contributed by atoms with Crippen LogP contribution in [0.2, 0.25) is 0 Å². The van der Waals surface area contributed by atoms with Gasteiger partial charge in [-0.3, -0.25) is 0 Å². The summed E-state index contributed by atoms with van der Waals surface area (Å²) in [5.41, 5.74) is 5.72. The van der Waals surface area contributed by atoms with E-state index >= 15 is 0 Å². The smallest absolute Gasteiger partial charge is 0.131 e. The second-order valence-electron chi connectivity index (χ2n) is 3.13. The molecule has 0 amide bonds. The molecule has 0 aliphatic rings. The van der Waals surface area contributed by atoms with Crippen LogP contribution in [0.3, 0.4) is 0 Å². The van der Waals surface area contributed by atoms with Crippen LogP contribution in [0.25, 0.3) is 0 Å². The van der Waals surface area contributed by atoms with Crippen molar-refractivity contribution in [2.24, 2.45) is 5.73 Å². The number of rotatable bonds is 2. The van der Waals surface area contributed by atoms with E-state index in [0.29, 0.717) is 0 Å². The standard InChI is InChI=1S/C11H9F2NS/c12-7-3-1-4-8(13)10(7)11(14)9-5-2-6-15-9/h1-6,11H,14H2. The minimum absolute atomic E-state index is 0.0695. The van der Waals surface area contributed by atoms with Gasteiger partial charge in [-0.1, -0.05) is 12.1 Å². The van der Waals surface area contributed by atoms with E-state index < -0.39 is 17.7 Å². The van der Waals surface area contributed by atoms with Crippen LogP contribution in [-0.4, -0.2) is 0 Å². The number of hydrogen-bond acceptors (Lipinski definition) is 2. The van der Waals surface area contributed by atoms with E-state index in [1.165, 1.54) is 29.5 Å². The molecule has 1 atom stereocenters. The minimum atomic E-state index is -0.730. The van der Waals surface area contributed by atoms with E-state index in [-0.39, 0.29) is 5.56 Å². The zero-order valence-corrected chi connectivity index (χ0v) is 8.60. The van der Waals surface area contributed by atoms with Crippen LogP contribution < -0.4 is 5.73 Å². The molecule has 1 nitrogen and oxygen atoms in total. The lowest BCUT2D eigenvalue weighted by Gasteiger charge is -2.11. The number of nitrogens with two attached hydrogens (primary N) is 1. The maximum atomic E-state index is 13.4. The third-order valence-corrected chi connectivity index (χ3v) is 3.12. The molecule has 1 aromatic heterocycles. The van der Waals surface area contributed by atoms with Crippen molar-refractivity contribution >= 4 is 11.3 Å². The Labute approximate surface area is 90.2 Å². The third kappa shape index (κ3) is 1.91. The van der Waals surface area contributed by atoms with Gasteiger partial charge < -0.3 is 5.73 Å². The van der Waals surface area contributed by atoms with Gasteiger partial charge in [0.25, 0.3) is 0 Å². The highest BCUT2D eigenvalue weighted by Gasteiger charge is 2.18. The lowest BCUT2D eigenvalue weighted by molar-refractivity contribution is 0.545. The zero-order valence-electron chi connectivity index (χ0n) is 7.78. The predicted octanol–water partition coefficient (Wildman–Crippen LogP) is 3.07. The van der Waals surface area contributed by atoms with Gasteiger partial charge in [-0.25, -0.2) is 8.78 Å². The van der Waals surface area contributed by atoms with Crippen molar-refractivity contribution in [3.63, 3.8) is 0 Å². The maximum Gasteiger partial charge on any atom is 0.131 e. The highest BCUT2D eigenvalue weighted by molar-refractivity contribution is 7.10. The fourth-order valence-electron chi connectivity index (χ4n) is 1.42. The largest absolute Gasteiger partial charge is 0.319 e. The Hall–Kier alpha value is -1.26. The van der Waals surface area contributed by atoms with Crippen molar-refractivity contribution in [1.29, 1.82) is 0 Å². The number of hydrogen-bond donors (Lipinski definition) is 1. The molecular weight excluding hydrogens is 216 g/mol. The van der Waals surface area contributed by atoms with Gasteiger partial charge in [0.05, 0.1) is 6.04 Å². The van der Waals surface area contributed by atoms with Gasteiger partial charge in [-0.05, 0) is 23.6 Å². The lowest BCUT2D eigenvalue weighted by Crippen LogP contribution is -2.14. The molecule has 0 saturated carbocycles. The van der Waals surface area contributed by atoms with Gasteiger partial charge in [0.2, 0.25) is 0 Å². The Bertz CT molecular complexity index is 433. The number of benzene rings is 1. The molecule has 2 N–H and O–H groups in total. The summed E-state index contributed by atoms with van der Waals surface area (Å²) >= 11 is 1.38. The summed E-state index contributed by atoms with van der Waals surface area (Å²) < 4.78 is 26.8. The van der Waals surface area contributed by atoms with E-state index in [1.54, 1.807) is 12.1 Å². The van der Waals surface area contributed by atoms with Gasteiger partial charge in [-0.2, -0.15) is 0 Å². The van der Waals surface area contributed by atoms with Crippen molar-refractivity contribution in [3.05, 3.63) is 57.8 Å². The SMILES string of the molecule is NC(c1cccs1)c1c(F)cccc1F. The van der Waals surface area contributed by atoms with Crippen LogP contribution in [0.4, 0.5) is 8.78 Å². The molecule has 1 heterocycles. The van der Waals surface area contributed by atoms with E-state index in [1.807, 2.05) is 5.38 Å². The molecule has 0 spiro atoms. The third-order valence-electron chi connectivity index (χ3n) is 2.16. The Morgan fingerprint density at radius 3 is 2.27 bits per heavy atom. The summed E-state index contributed by atoms with van der Waals surface area (Å²) in [6.45, 7) is 0. The van der Waals surface area contributed by atoms with Crippen LogP contribution in [0, 0.1) is 11.6 Å². The summed E-state index contributed by atoms with van der Waals surface area (Å²) in [5, 5.41) is 1.83. The molecule has 78 valence electrons. The van der Waals surface area contributed by atoms with Crippen LogP contribution in [-0.2, 0) is 0 Å². The van der Waals surface area contributed by atoms with Gasteiger partial charge in [0, 0.05) is 10.4 Å². The van der Waals surface area contributed by atoms with Crippen LogP contribution in [0.5, 0.6) is 0 Å². The van der Waals surface area contributed by atoms with Crippen molar-refractivity contribution < 1.29 is 8.78 Å². The van der Waals surface area contributed by atoms with Crippen LogP contribution in [0.15, 0.2) is 35.7 Å². The molecule has 0 fully saturated rings. The van der Waals surface area contributed by atoms with Crippen molar-refractivity contribution in [2.45, 2.75) is 6.04 Å². The Kier molecular flexibility index (Phi) is 2.79. The molecule has 15 heavy (non-hydrogen) atoms. The molecule has 4 heteroatoms. The van der Waals surface area contributed by atoms with Crippen LogP contribution in [0.1, 0.15) is 16.5 Å². The first-order chi connectivity index (χ1) is 7.20. The molecule has 2 aromatic rings. The van der Waals surface area contributed by atoms with Crippen LogP contribution >= 0.6 is 11.3 Å². The fourth-order valence-corrected chi connectivity index (χ4v) is 2.15. The highest BCUT2D eigenvalue weighted by Crippen LogP contribution is 2.27. The maximum absolute atomic E-state index is 13.4. The molecule has 1 aromatic carbocycles. The quantitative estimate of drug-likeness (QED) is 0.835. The molecule has 0 bridgehead atoms. The van der Waals surface area contributed by atoms with E-state index in [2.05, 4.69) is 0 Å². The van der Waals surface area contributed by atoms with E-state index in [9.17, 15) is 8.78 Å². The average Bonchev–Trinajstić information content (AvgIpc) is 2.69. The molecule has 0 aliphatic carbocycles. The minimum Gasteiger partial charge on any atom is -0.319 e. The fraction of sp³-hybridized carbons (Fsp3) is 0.0909. The Morgan fingerprint density at radius 1 is 1.07 bits per heavy atom. The molecule has 2 rings (SSSR count). The molecule has 0 saturated heterocycles. The number of halogens is 2. The number of thiophene rings is 1. The second-order valence-corrected chi connectivity index (χ2v) is 4.11. The van der Waals surface area contributed by atoms with Gasteiger partial charge in [-0.15, -0.1) is 11.3 Å². The van der Waals surface area contributed by atoms with E-state index in [0.717, 1.165) is 4.88 Å². The average molecular weight is 225 g/mol. The first-order valence-corrected chi connectivity index (χ1v) is 5.31. The summed E-state index contributed by atoms with van der Waals surface area (Å²) in [4.78, 5) is 0.749. The van der Waals surface area contributed by atoms with E-state index in [4.69, 9.17) is 5.73 Å². The summed E-state index contributed by atoms with van der Waals surface area (Å²) in [6.07, 6.45) is 0. The summed E-state index contributed by atoms with van der Waals surface area (Å²) in [7, 11) is 0. The molecular formula is C11H9F2NS. The molecule has 1 unspecified atom stereocenters. The lowest BCUT2D eigenvalue weighted by atomic mass is 10.1. The monoisotopic (exact) mass is 225 g/mol. The molecule has 0 aliphatic heterocycles. The first-order valence-electron chi connectivity index (χ1n) is 4.43. The predicted molar refractivity (Wildman–Crippen MR) is 56.7 cm³/mol. The summed E-state index contributed by atoms with van der Waals surface area (Å²) in [6, 6.07) is 6.60. The summed E-state index contributed by atoms with van der Waals surface area (Å²) in [5.74, 6) is -1.20. The molecule has 0 radical (unpaired) electrons. The Morgan fingerprint density at radius 2 is 1.73 bits per heavy atom. The normalized spacial score (nSPS) is 12.7. The van der Waals surface area contributed by atoms with Gasteiger partial charge >= 0.3 is 0 Å². The Balaban J connectivity index is 2.46. The zero-order chi connectivity index (χ0) is 10.8. The van der Waals surface area contributed by atoms with Crippen molar-refractivity contribution in [3.8, 4) is 0 Å². The van der Waals surface area contributed by atoms with Crippen molar-refractivity contribution in [2.75, 3.05) is 0 Å². The first kappa shape index (κ1) is 10.3. The van der Waals surface area contributed by atoms with Gasteiger partial charge in [0.15, 0.2) is 0 Å². The van der Waals surface area contributed by atoms with Crippen molar-refractivity contribution in [1.82, 2.24) is 0 Å². The van der Waals surface area contributed by atoms with Gasteiger partial charge in [0.1, 0.15) is 11.6 Å².